The van der Waals surface area contributed by atoms with Crippen molar-refractivity contribution in [3.05, 3.63) is 11.8 Å². The normalized spacial score (nSPS) is 31.8. The molecule has 14 nitrogen and oxygen atoms in total. The van der Waals surface area contributed by atoms with Crippen LogP contribution >= 0.6 is 0 Å². The molecule has 0 radical (unpaired) electrons. The molecule has 2 rings (SSSR count). The monoisotopic (exact) mass is 535 g/mol. The summed E-state index contributed by atoms with van der Waals surface area (Å²) in [6.45, 7) is 2.22. The van der Waals surface area contributed by atoms with E-state index in [1.165, 1.54) is 0 Å². The van der Waals surface area contributed by atoms with E-state index in [4.69, 9.17) is 46.4 Å². The second-order valence-electron chi connectivity index (χ2n) is 9.20. The molecule has 0 aromatic rings. The summed E-state index contributed by atoms with van der Waals surface area (Å²) >= 11 is 0. The molecule has 216 valence electrons. The Morgan fingerprint density at radius 1 is 1.24 bits per heavy atom. The molecule has 1 fully saturated rings. The van der Waals surface area contributed by atoms with Crippen LogP contribution in [0.5, 0.6) is 0 Å². The molecule has 0 aromatic carbocycles. The molecule has 37 heavy (non-hydrogen) atoms. The van der Waals surface area contributed by atoms with Crippen LogP contribution in [0.3, 0.4) is 0 Å². The summed E-state index contributed by atoms with van der Waals surface area (Å²) in [5.41, 5.74) is 18.1. The van der Waals surface area contributed by atoms with Gasteiger partial charge in [0.2, 0.25) is 12.2 Å². The largest absolute Gasteiger partial charge is 0.467 e. The minimum absolute atomic E-state index is 0.0179. The maximum absolute atomic E-state index is 12.3. The van der Waals surface area contributed by atoms with Gasteiger partial charge in [0.15, 0.2) is 6.29 Å². The van der Waals surface area contributed by atoms with Gasteiger partial charge in [-0.15, -0.1) is 0 Å². The van der Waals surface area contributed by atoms with E-state index in [1.807, 2.05) is 6.08 Å². The lowest BCUT2D eigenvalue weighted by atomic mass is 9.83. The quantitative estimate of drug-likeness (QED) is 0.0685. The minimum Gasteiger partial charge on any atom is -0.467 e. The number of carbonyl (C=O) groups excluding carboxylic acids is 1. The molecule has 1 aliphatic carbocycles. The summed E-state index contributed by atoms with van der Waals surface area (Å²) in [5.74, 6) is 0.244. The van der Waals surface area contributed by atoms with Crippen LogP contribution in [0.4, 0.5) is 0 Å². The predicted octanol–water partition coefficient (Wildman–Crippen LogP) is -3.67. The van der Waals surface area contributed by atoms with Gasteiger partial charge < -0.3 is 67.2 Å². The fourth-order valence-electron chi connectivity index (χ4n) is 4.26. The predicted molar refractivity (Wildman–Crippen MR) is 133 cm³/mol. The topological polar surface area (TPSA) is 237 Å². The molecular formula is C23H45N5O9. The van der Waals surface area contributed by atoms with Gasteiger partial charge in [-0.2, -0.15) is 0 Å². The van der Waals surface area contributed by atoms with Crippen molar-refractivity contribution in [2.24, 2.45) is 17.2 Å². The van der Waals surface area contributed by atoms with E-state index < -0.39 is 55.1 Å². The molecule has 1 saturated carbocycles. The lowest BCUT2D eigenvalue weighted by Gasteiger charge is -2.46. The van der Waals surface area contributed by atoms with E-state index in [0.717, 1.165) is 0 Å². The Kier molecular flexibility index (Phi) is 14.2. The van der Waals surface area contributed by atoms with Crippen LogP contribution in [0.2, 0.25) is 0 Å². The highest BCUT2D eigenvalue weighted by atomic mass is 16.7. The van der Waals surface area contributed by atoms with Crippen LogP contribution in [0.1, 0.15) is 32.6 Å². The number of carbonyl (C=O) groups is 1. The molecule has 14 heteroatoms. The van der Waals surface area contributed by atoms with Gasteiger partial charge in [0.05, 0.1) is 38.4 Å². The smallest absolute Gasteiger partial charge is 0.221 e. The van der Waals surface area contributed by atoms with Crippen LogP contribution in [-0.4, -0.2) is 121 Å². The summed E-state index contributed by atoms with van der Waals surface area (Å²) in [6, 6.07) is -1.97. The molecule has 2 aliphatic rings. The fourth-order valence-corrected chi connectivity index (χ4v) is 4.26. The van der Waals surface area contributed by atoms with Crippen molar-refractivity contribution >= 4 is 5.91 Å². The van der Waals surface area contributed by atoms with Gasteiger partial charge in [0, 0.05) is 25.6 Å². The molecule has 9 atom stereocenters. The minimum atomic E-state index is -1.35. The maximum Gasteiger partial charge on any atom is 0.221 e. The molecule has 0 spiro atoms. The Bertz CT molecular complexity index is 704. The zero-order chi connectivity index (χ0) is 27.4. The van der Waals surface area contributed by atoms with Crippen molar-refractivity contribution in [1.82, 2.24) is 10.6 Å². The number of amides is 1. The number of hydrogen-bond acceptors (Lipinski definition) is 13. The van der Waals surface area contributed by atoms with Crippen LogP contribution in [0.15, 0.2) is 11.8 Å². The average Bonchev–Trinajstić information content (AvgIpc) is 2.87. The highest BCUT2D eigenvalue weighted by Gasteiger charge is 2.48. The summed E-state index contributed by atoms with van der Waals surface area (Å²) in [7, 11) is 0. The number of rotatable bonds is 16. The van der Waals surface area contributed by atoms with Gasteiger partial charge in [-0.05, 0) is 25.3 Å². The molecule has 0 aromatic heterocycles. The van der Waals surface area contributed by atoms with E-state index in [2.05, 4.69) is 10.6 Å². The van der Waals surface area contributed by atoms with Crippen LogP contribution in [0, 0.1) is 0 Å². The second-order valence-corrected chi connectivity index (χ2v) is 9.20. The summed E-state index contributed by atoms with van der Waals surface area (Å²) < 4.78 is 23.4. The van der Waals surface area contributed by atoms with E-state index in [-0.39, 0.29) is 51.5 Å². The van der Waals surface area contributed by atoms with Gasteiger partial charge in [0.1, 0.15) is 30.2 Å². The Morgan fingerprint density at radius 3 is 2.65 bits per heavy atom. The van der Waals surface area contributed by atoms with Gasteiger partial charge in [-0.3, -0.25) is 4.79 Å². The van der Waals surface area contributed by atoms with Crippen molar-refractivity contribution in [1.29, 1.82) is 0 Å². The molecule has 1 heterocycles. The molecule has 12 N–H and O–H groups in total. The number of hydrogen-bond donors (Lipinski definition) is 9. The number of aliphatic hydroxyl groups is 4. The number of nitrogens with one attached hydrogen (secondary N) is 2. The van der Waals surface area contributed by atoms with Crippen molar-refractivity contribution in [3.8, 4) is 0 Å². The Morgan fingerprint density at radius 2 is 2.00 bits per heavy atom. The third-order valence-electron chi connectivity index (χ3n) is 6.25. The molecule has 0 unspecified atom stereocenters. The SMILES string of the molecule is CC[C@@H](O)[C@H](OCCO)O[C@@H]1[C@@H](O)[C@H](O[C@H]2OC(CNCCO)=CC[C@H]2N)[C@@H](N)C[C@H]1NC(=O)CCN. The Labute approximate surface area is 217 Å². The highest BCUT2D eigenvalue weighted by molar-refractivity contribution is 5.76. The van der Waals surface area contributed by atoms with Gasteiger partial charge in [0.25, 0.3) is 0 Å². The number of nitrogens with two attached hydrogens (primary N) is 3. The van der Waals surface area contributed by atoms with Crippen molar-refractivity contribution in [2.75, 3.05) is 39.5 Å². The summed E-state index contributed by atoms with van der Waals surface area (Å²) in [6.07, 6.45) is -3.71. The summed E-state index contributed by atoms with van der Waals surface area (Å²) in [4.78, 5) is 12.3. The van der Waals surface area contributed by atoms with Crippen molar-refractivity contribution in [3.63, 3.8) is 0 Å². The Hall–Kier alpha value is -1.43. The summed E-state index contributed by atoms with van der Waals surface area (Å²) in [5, 5.41) is 45.7. The first-order valence-electron chi connectivity index (χ1n) is 12.8. The third kappa shape index (κ3) is 9.67. The average molecular weight is 536 g/mol. The van der Waals surface area contributed by atoms with Crippen LogP contribution in [0.25, 0.3) is 0 Å². The van der Waals surface area contributed by atoms with Crippen LogP contribution < -0.4 is 27.8 Å². The molecule has 1 aliphatic heterocycles. The zero-order valence-corrected chi connectivity index (χ0v) is 21.4. The molecule has 0 bridgehead atoms. The van der Waals surface area contributed by atoms with E-state index in [0.29, 0.717) is 25.3 Å². The lowest BCUT2D eigenvalue weighted by molar-refractivity contribution is -0.270. The van der Waals surface area contributed by atoms with Crippen molar-refractivity contribution < 1.29 is 44.2 Å². The first kappa shape index (κ1) is 31.8. The van der Waals surface area contributed by atoms with Gasteiger partial charge in [-0.25, -0.2) is 0 Å². The molecule has 1 amide bonds. The van der Waals surface area contributed by atoms with Gasteiger partial charge >= 0.3 is 0 Å². The van der Waals surface area contributed by atoms with Gasteiger partial charge in [-0.1, -0.05) is 6.92 Å². The molecular weight excluding hydrogens is 490 g/mol. The standard InChI is InChI=1S/C23H45N5O9/c1-2-17(31)23(34-10-9-30)37-21-16(28-18(32)5-6-24)11-15(26)20(19(21)33)36-22-14(25)4-3-13(35-22)12-27-7-8-29/h3,14-17,19-23,27,29-31,33H,2,4-12,24-26H2,1H3,(H,28,32)/t14-,15+,16-,17-,19+,20-,21+,22-,23-/m1/s1. The fraction of sp³-hybridized carbons (Fsp3) is 0.870. The van der Waals surface area contributed by atoms with E-state index in [1.54, 1.807) is 6.92 Å². The number of ether oxygens (including phenoxy) is 4. The van der Waals surface area contributed by atoms with E-state index >= 15 is 0 Å². The third-order valence-corrected chi connectivity index (χ3v) is 6.25. The first-order chi connectivity index (χ1) is 17.7. The first-order valence-corrected chi connectivity index (χ1v) is 12.8. The Balaban J connectivity index is 2.20. The van der Waals surface area contributed by atoms with Crippen molar-refractivity contribution in [2.45, 2.75) is 87.7 Å². The van der Waals surface area contributed by atoms with Crippen LogP contribution in [-0.2, 0) is 23.7 Å². The highest BCUT2D eigenvalue weighted by Crippen LogP contribution is 2.29. The second kappa shape index (κ2) is 16.5. The lowest BCUT2D eigenvalue weighted by Crippen LogP contribution is -2.66. The zero-order valence-electron chi connectivity index (χ0n) is 21.4. The van der Waals surface area contributed by atoms with E-state index in [9.17, 15) is 15.0 Å². The molecule has 0 saturated heterocycles. The number of aliphatic hydroxyl groups excluding tert-OH is 4. The maximum atomic E-state index is 12.3.